The second kappa shape index (κ2) is 6.31. The van der Waals surface area contributed by atoms with Gasteiger partial charge < -0.3 is 4.74 Å². The van der Waals surface area contributed by atoms with Crippen LogP contribution in [0.2, 0.25) is 0 Å². The topological polar surface area (TPSA) is 78.0 Å². The van der Waals surface area contributed by atoms with Crippen LogP contribution in [0.4, 0.5) is 0 Å². The first-order chi connectivity index (χ1) is 9.24. The molecule has 0 aliphatic heterocycles. The predicted molar refractivity (Wildman–Crippen MR) is 72.4 cm³/mol. The molecule has 0 aliphatic rings. The van der Waals surface area contributed by atoms with Gasteiger partial charge in [-0.15, -0.1) is 5.10 Å². The number of nitrogens with two attached hydrogens (primary N) is 1. The average Bonchev–Trinajstić information content (AvgIpc) is 2.83. The average molecular weight is 261 g/mol. The van der Waals surface area contributed by atoms with Crippen molar-refractivity contribution in [2.24, 2.45) is 12.9 Å². The van der Waals surface area contributed by atoms with Crippen LogP contribution < -0.4 is 16.0 Å². The van der Waals surface area contributed by atoms with E-state index in [4.69, 9.17) is 10.6 Å². The number of hydrogen-bond acceptors (Lipinski definition) is 5. The molecule has 1 aromatic heterocycles. The second-order valence-corrected chi connectivity index (χ2v) is 4.28. The smallest absolute Gasteiger partial charge is 0.124 e. The van der Waals surface area contributed by atoms with Gasteiger partial charge >= 0.3 is 0 Å². The number of nitrogens with zero attached hydrogens (tertiary/aromatic N) is 3. The highest BCUT2D eigenvalue weighted by Gasteiger charge is 2.16. The number of aromatic nitrogens is 3. The number of aryl methyl sites for hydroxylation is 1. The lowest BCUT2D eigenvalue weighted by Gasteiger charge is -2.18. The molecule has 0 aliphatic carbocycles. The van der Waals surface area contributed by atoms with Crippen molar-refractivity contribution in [3.05, 3.63) is 41.7 Å². The van der Waals surface area contributed by atoms with Crippen LogP contribution in [0.1, 0.15) is 24.2 Å². The van der Waals surface area contributed by atoms with Crippen molar-refractivity contribution >= 4 is 0 Å². The minimum absolute atomic E-state index is 0.0561. The fourth-order valence-corrected chi connectivity index (χ4v) is 2.01. The molecule has 19 heavy (non-hydrogen) atoms. The van der Waals surface area contributed by atoms with Crippen LogP contribution in [0.3, 0.4) is 0 Å². The Balaban J connectivity index is 2.21. The van der Waals surface area contributed by atoms with Crippen LogP contribution >= 0.6 is 0 Å². The van der Waals surface area contributed by atoms with Crippen molar-refractivity contribution in [3.8, 4) is 5.75 Å². The summed E-state index contributed by atoms with van der Waals surface area (Å²) in [4.78, 5) is 0. The molecule has 0 fully saturated rings. The normalized spacial score (nSPS) is 12.4. The first-order valence-corrected chi connectivity index (χ1v) is 6.27. The summed E-state index contributed by atoms with van der Waals surface area (Å²) < 4.78 is 7.30. The maximum absolute atomic E-state index is 5.66. The molecule has 2 aromatic rings. The van der Waals surface area contributed by atoms with Gasteiger partial charge in [0, 0.05) is 25.2 Å². The summed E-state index contributed by atoms with van der Waals surface area (Å²) in [6.45, 7) is 2.59. The second-order valence-electron chi connectivity index (χ2n) is 4.28. The van der Waals surface area contributed by atoms with E-state index in [1.54, 1.807) is 4.68 Å². The summed E-state index contributed by atoms with van der Waals surface area (Å²) in [7, 11) is 1.84. The molecule has 0 amide bonds. The molecule has 3 N–H and O–H groups in total. The van der Waals surface area contributed by atoms with Crippen LogP contribution in [-0.2, 0) is 13.5 Å². The van der Waals surface area contributed by atoms with Gasteiger partial charge in [-0.2, -0.15) is 0 Å². The molecule has 6 heteroatoms. The van der Waals surface area contributed by atoms with E-state index >= 15 is 0 Å². The van der Waals surface area contributed by atoms with Crippen LogP contribution in [0.5, 0.6) is 5.75 Å². The summed E-state index contributed by atoms with van der Waals surface area (Å²) in [5.74, 6) is 6.51. The number of ether oxygens (including phenoxy) is 1. The number of hydrogen-bond donors (Lipinski definition) is 2. The Morgan fingerprint density at radius 3 is 2.84 bits per heavy atom. The van der Waals surface area contributed by atoms with Gasteiger partial charge in [0.05, 0.1) is 18.3 Å². The quantitative estimate of drug-likeness (QED) is 0.598. The third-order valence-electron chi connectivity index (χ3n) is 2.86. The maximum Gasteiger partial charge on any atom is 0.124 e. The molecule has 1 heterocycles. The summed E-state index contributed by atoms with van der Waals surface area (Å²) >= 11 is 0. The number of hydrazine groups is 1. The van der Waals surface area contributed by atoms with Gasteiger partial charge in [0.1, 0.15) is 5.75 Å². The fourth-order valence-electron chi connectivity index (χ4n) is 2.01. The number of benzene rings is 1. The van der Waals surface area contributed by atoms with Crippen molar-refractivity contribution in [2.75, 3.05) is 6.61 Å². The van der Waals surface area contributed by atoms with Gasteiger partial charge in [-0.05, 0) is 13.0 Å². The van der Waals surface area contributed by atoms with Crippen molar-refractivity contribution in [1.82, 2.24) is 20.4 Å². The number of nitrogens with one attached hydrogen (secondary N) is 1. The van der Waals surface area contributed by atoms with Crippen molar-refractivity contribution in [3.63, 3.8) is 0 Å². The van der Waals surface area contributed by atoms with Crippen molar-refractivity contribution in [2.45, 2.75) is 19.4 Å². The molecule has 0 saturated carbocycles. The van der Waals surface area contributed by atoms with Crippen LogP contribution in [-0.4, -0.2) is 21.6 Å². The van der Waals surface area contributed by atoms with E-state index in [1.807, 2.05) is 44.4 Å². The minimum Gasteiger partial charge on any atom is -0.494 e. The largest absolute Gasteiger partial charge is 0.494 e. The molecule has 1 atom stereocenters. The zero-order chi connectivity index (χ0) is 13.7. The summed E-state index contributed by atoms with van der Waals surface area (Å²) in [6.07, 6.45) is 2.54. The predicted octanol–water partition coefficient (Wildman–Crippen LogP) is 0.961. The lowest BCUT2D eigenvalue weighted by atomic mass is 10.0. The third-order valence-corrected chi connectivity index (χ3v) is 2.86. The van der Waals surface area contributed by atoms with E-state index in [0.717, 1.165) is 17.0 Å². The van der Waals surface area contributed by atoms with Crippen molar-refractivity contribution in [1.29, 1.82) is 0 Å². The van der Waals surface area contributed by atoms with E-state index in [1.165, 1.54) is 0 Å². The number of para-hydroxylation sites is 1. The Hall–Kier alpha value is -1.92. The van der Waals surface area contributed by atoms with Gasteiger partial charge in [0.2, 0.25) is 0 Å². The molecule has 102 valence electrons. The first-order valence-electron chi connectivity index (χ1n) is 6.27. The summed E-state index contributed by atoms with van der Waals surface area (Å²) in [5.41, 5.74) is 4.73. The zero-order valence-electron chi connectivity index (χ0n) is 11.2. The monoisotopic (exact) mass is 261 g/mol. The lowest BCUT2D eigenvalue weighted by molar-refractivity contribution is 0.331. The lowest BCUT2D eigenvalue weighted by Crippen LogP contribution is -2.30. The molecular weight excluding hydrogens is 242 g/mol. The Morgan fingerprint density at radius 1 is 1.42 bits per heavy atom. The van der Waals surface area contributed by atoms with E-state index in [0.29, 0.717) is 13.0 Å². The molecule has 0 bridgehead atoms. The van der Waals surface area contributed by atoms with Crippen molar-refractivity contribution < 1.29 is 4.74 Å². The van der Waals surface area contributed by atoms with E-state index in [9.17, 15) is 0 Å². The standard InChI is InChI=1S/C13H19N5O/c1-3-19-13-7-5-4-6-11(13)12(15-14)8-10-9-18(2)17-16-10/h4-7,9,12,15H,3,8,14H2,1-2H3. The highest BCUT2D eigenvalue weighted by Crippen LogP contribution is 2.26. The molecular formula is C13H19N5O. The van der Waals surface area contributed by atoms with Gasteiger partial charge in [0.15, 0.2) is 0 Å². The molecule has 1 aromatic carbocycles. The zero-order valence-corrected chi connectivity index (χ0v) is 11.2. The van der Waals surface area contributed by atoms with Gasteiger partial charge in [-0.3, -0.25) is 16.0 Å². The highest BCUT2D eigenvalue weighted by molar-refractivity contribution is 5.36. The SMILES string of the molecule is CCOc1ccccc1C(Cc1cn(C)nn1)NN. The fraction of sp³-hybridized carbons (Fsp3) is 0.385. The molecule has 0 spiro atoms. The number of rotatable bonds is 6. The Labute approximate surface area is 112 Å². The Kier molecular flexibility index (Phi) is 4.48. The summed E-state index contributed by atoms with van der Waals surface area (Å²) in [6, 6.07) is 7.81. The van der Waals surface area contributed by atoms with Crippen LogP contribution in [0.15, 0.2) is 30.5 Å². The molecule has 6 nitrogen and oxygen atoms in total. The highest BCUT2D eigenvalue weighted by atomic mass is 16.5. The Bertz CT molecular complexity index is 525. The van der Waals surface area contributed by atoms with Crippen LogP contribution in [0.25, 0.3) is 0 Å². The van der Waals surface area contributed by atoms with Gasteiger partial charge in [0.25, 0.3) is 0 Å². The van der Waals surface area contributed by atoms with E-state index in [-0.39, 0.29) is 6.04 Å². The first kappa shape index (κ1) is 13.5. The van der Waals surface area contributed by atoms with Gasteiger partial charge in [-0.25, -0.2) is 0 Å². The van der Waals surface area contributed by atoms with Gasteiger partial charge in [-0.1, -0.05) is 23.4 Å². The molecule has 0 saturated heterocycles. The molecule has 1 unspecified atom stereocenters. The molecule has 0 radical (unpaired) electrons. The maximum atomic E-state index is 5.66. The molecule has 2 rings (SSSR count). The van der Waals surface area contributed by atoms with E-state index < -0.39 is 0 Å². The minimum atomic E-state index is -0.0561. The van der Waals surface area contributed by atoms with E-state index in [2.05, 4.69) is 15.7 Å². The van der Waals surface area contributed by atoms with Crippen LogP contribution in [0, 0.1) is 0 Å². The summed E-state index contributed by atoms with van der Waals surface area (Å²) in [5, 5.41) is 8.00. The third kappa shape index (κ3) is 3.30. The Morgan fingerprint density at radius 2 is 2.21 bits per heavy atom.